The topological polar surface area (TPSA) is 328 Å². The zero-order chi connectivity index (χ0) is 38.5. The molecule has 0 saturated carbocycles. The molecule has 0 aliphatic carbocycles. The summed E-state index contributed by atoms with van der Waals surface area (Å²) in [4.78, 5) is 14.0. The van der Waals surface area contributed by atoms with E-state index in [2.05, 4.69) is 0 Å². The van der Waals surface area contributed by atoms with E-state index in [9.17, 15) is 66.1 Å². The Morgan fingerprint density at radius 1 is 0.660 bits per heavy atom. The molecule has 15 atom stereocenters. The van der Waals surface area contributed by atoms with Crippen LogP contribution in [0.25, 0.3) is 22.3 Å². The zero-order valence-corrected chi connectivity index (χ0v) is 27.7. The molecule has 3 saturated heterocycles. The molecule has 0 amide bonds. The Hall–Kier alpha value is -3.71. The fourth-order valence-corrected chi connectivity index (χ4v) is 6.14. The highest BCUT2D eigenvalue weighted by atomic mass is 16.7. The summed E-state index contributed by atoms with van der Waals surface area (Å²) in [6.45, 7) is 0.0485. The molecular weight excluding hydrogens is 716 g/mol. The van der Waals surface area contributed by atoms with Crippen molar-refractivity contribution in [3.05, 3.63) is 46.6 Å². The summed E-state index contributed by atoms with van der Waals surface area (Å²) in [5, 5.41) is 123. The van der Waals surface area contributed by atoms with E-state index in [4.69, 9.17) is 32.8 Å². The summed E-state index contributed by atoms with van der Waals surface area (Å²) in [5.74, 6) is -2.21. The highest BCUT2D eigenvalue weighted by molar-refractivity contribution is 5.88. The molecule has 0 bridgehead atoms. The van der Waals surface area contributed by atoms with Gasteiger partial charge >= 0.3 is 0 Å². The van der Waals surface area contributed by atoms with Crippen molar-refractivity contribution in [1.82, 2.24) is 0 Å². The van der Waals surface area contributed by atoms with E-state index in [-0.39, 0.29) is 28.4 Å². The molecule has 53 heavy (non-hydrogen) atoms. The number of phenols is 2. The second-order valence-corrected chi connectivity index (χ2v) is 12.9. The normalized spacial score (nSPS) is 37.8. The van der Waals surface area contributed by atoms with Crippen LogP contribution >= 0.6 is 0 Å². The van der Waals surface area contributed by atoms with Gasteiger partial charge in [0.15, 0.2) is 12.1 Å². The summed E-state index contributed by atoms with van der Waals surface area (Å²) >= 11 is 0. The summed E-state index contributed by atoms with van der Waals surface area (Å²) in [7, 11) is 0. The number of aliphatic hydroxyl groups is 10. The van der Waals surface area contributed by atoms with Crippen molar-refractivity contribution in [2.75, 3.05) is 13.2 Å². The number of rotatable bonds is 9. The third-order valence-corrected chi connectivity index (χ3v) is 9.27. The Labute approximate surface area is 298 Å². The van der Waals surface area contributed by atoms with E-state index in [1.807, 2.05) is 0 Å². The Kier molecular flexibility index (Phi) is 11.5. The van der Waals surface area contributed by atoms with E-state index in [0.29, 0.717) is 0 Å². The molecule has 20 heteroatoms. The van der Waals surface area contributed by atoms with Crippen LogP contribution in [-0.4, -0.2) is 167 Å². The summed E-state index contributed by atoms with van der Waals surface area (Å²) in [6, 6.07) is 7.20. The second-order valence-electron chi connectivity index (χ2n) is 12.9. The van der Waals surface area contributed by atoms with Gasteiger partial charge in [0.1, 0.15) is 95.4 Å². The summed E-state index contributed by atoms with van der Waals surface area (Å²) < 4.78 is 39.3. The van der Waals surface area contributed by atoms with Crippen molar-refractivity contribution in [2.45, 2.75) is 99.0 Å². The van der Waals surface area contributed by atoms with Crippen LogP contribution < -0.4 is 14.9 Å². The van der Waals surface area contributed by atoms with Gasteiger partial charge in [-0.3, -0.25) is 4.79 Å². The molecule has 3 aliphatic heterocycles. The van der Waals surface area contributed by atoms with Crippen LogP contribution in [0.15, 0.2) is 45.6 Å². The lowest BCUT2D eigenvalue weighted by molar-refractivity contribution is -0.318. The van der Waals surface area contributed by atoms with E-state index in [1.54, 1.807) is 0 Å². The number of aliphatic hydroxyl groups excluding tert-OH is 10. The molecule has 1 aromatic heterocycles. The van der Waals surface area contributed by atoms with Crippen LogP contribution in [0.5, 0.6) is 23.0 Å². The van der Waals surface area contributed by atoms with Crippen LogP contribution in [-0.2, 0) is 18.9 Å². The quantitative estimate of drug-likeness (QED) is 0.0992. The highest BCUT2D eigenvalue weighted by Gasteiger charge is 2.48. The van der Waals surface area contributed by atoms with Crippen molar-refractivity contribution in [3.8, 4) is 34.3 Å². The highest BCUT2D eigenvalue weighted by Crippen LogP contribution is 2.39. The first kappa shape index (κ1) is 39.0. The molecule has 3 fully saturated rings. The van der Waals surface area contributed by atoms with Gasteiger partial charge in [0.2, 0.25) is 23.8 Å². The molecule has 6 rings (SSSR count). The Bertz CT molecular complexity index is 1780. The minimum atomic E-state index is -2.00. The maximum atomic E-state index is 14.0. The Morgan fingerprint density at radius 2 is 1.23 bits per heavy atom. The molecule has 0 unspecified atom stereocenters. The van der Waals surface area contributed by atoms with Gasteiger partial charge in [-0.15, -0.1) is 0 Å². The first-order valence-electron chi connectivity index (χ1n) is 16.4. The number of fused-ring (bicyclic) bond motifs is 1. The summed E-state index contributed by atoms with van der Waals surface area (Å²) in [6.07, 6.45) is -24.7. The van der Waals surface area contributed by atoms with Crippen LogP contribution in [0.1, 0.15) is 6.92 Å². The lowest BCUT2D eigenvalue weighted by Crippen LogP contribution is -2.61. The lowest BCUT2D eigenvalue weighted by atomic mass is 9.98. The van der Waals surface area contributed by atoms with Gasteiger partial charge in [-0.05, 0) is 31.2 Å². The first-order valence-corrected chi connectivity index (χ1v) is 16.4. The smallest absolute Gasteiger partial charge is 0.239 e. The third-order valence-electron chi connectivity index (χ3n) is 9.27. The van der Waals surface area contributed by atoms with Gasteiger partial charge in [-0.25, -0.2) is 0 Å². The molecule has 3 aromatic rings. The minimum absolute atomic E-state index is 0.112. The van der Waals surface area contributed by atoms with E-state index in [0.717, 1.165) is 12.1 Å². The number of hydrogen-bond donors (Lipinski definition) is 12. The van der Waals surface area contributed by atoms with Crippen molar-refractivity contribution in [3.63, 3.8) is 0 Å². The third kappa shape index (κ3) is 7.52. The minimum Gasteiger partial charge on any atom is -0.508 e. The molecule has 292 valence electrons. The van der Waals surface area contributed by atoms with Crippen molar-refractivity contribution in [1.29, 1.82) is 0 Å². The lowest BCUT2D eigenvalue weighted by Gasteiger charge is -2.42. The SMILES string of the molecule is C[C@@H]1O[C@@H](OC[C@H]2O[C@@H](Oc3c(-c4ccc(O)cc4)oc4cc(O[C@@H]5O[C@H](CO)[C@H](O)[C@H](O)[C@H]5O)cc(O)c4c3=O)[C@H](O)[C@@H](O)[C@@H]2O)[C@H](O)[C@H](O)[C@H]1O. The predicted molar refractivity (Wildman–Crippen MR) is 171 cm³/mol. The monoisotopic (exact) mass is 756 g/mol. The number of phenolic OH excluding ortho intramolecular Hbond substituents is 2. The average Bonchev–Trinajstić information content (AvgIpc) is 3.13. The Morgan fingerprint density at radius 3 is 1.87 bits per heavy atom. The van der Waals surface area contributed by atoms with E-state index in [1.165, 1.54) is 31.2 Å². The molecule has 3 aliphatic rings. The van der Waals surface area contributed by atoms with E-state index >= 15 is 0 Å². The first-order chi connectivity index (χ1) is 25.1. The second kappa shape index (κ2) is 15.6. The maximum absolute atomic E-state index is 14.0. The van der Waals surface area contributed by atoms with Crippen molar-refractivity contribution < 1.29 is 94.1 Å². The molecule has 2 aromatic carbocycles. The molecule has 20 nitrogen and oxygen atoms in total. The predicted octanol–water partition coefficient (Wildman–Crippen LogP) is -3.92. The molecule has 12 N–H and O–H groups in total. The molecule has 0 spiro atoms. The Balaban J connectivity index is 1.32. The average molecular weight is 757 g/mol. The van der Waals surface area contributed by atoms with Crippen LogP contribution in [0.3, 0.4) is 0 Å². The van der Waals surface area contributed by atoms with Gasteiger partial charge in [-0.2, -0.15) is 0 Å². The standard InChI is InChI=1S/C33H40O20/c1-10-19(37)23(41)26(44)31(48-10)47-9-17-21(39)25(43)28(46)33(52-17)53-30-22(40)18-14(36)6-13(49-32-27(45)24(42)20(38)16(8-34)51-32)7-15(18)50-29(30)11-2-4-12(35)5-3-11/h2-7,10,16-17,19-21,23-28,31-39,41-46H,8-9H2,1H3/t10-,16+,17+,19-,20-,21+,23+,24-,25-,26+,27+,28+,31+,32+,33-/m0/s1. The summed E-state index contributed by atoms with van der Waals surface area (Å²) in [5.41, 5.74) is -1.26. The van der Waals surface area contributed by atoms with Crippen LogP contribution in [0.2, 0.25) is 0 Å². The van der Waals surface area contributed by atoms with Gasteiger partial charge in [0.25, 0.3) is 0 Å². The van der Waals surface area contributed by atoms with Gasteiger partial charge in [-0.1, -0.05) is 0 Å². The molecule has 0 radical (unpaired) electrons. The fourth-order valence-electron chi connectivity index (χ4n) is 6.14. The van der Waals surface area contributed by atoms with Crippen molar-refractivity contribution >= 4 is 11.0 Å². The number of benzene rings is 2. The number of ether oxygens (including phenoxy) is 6. The number of hydrogen-bond acceptors (Lipinski definition) is 20. The number of aromatic hydroxyl groups is 2. The molecule has 4 heterocycles. The maximum Gasteiger partial charge on any atom is 0.239 e. The molecular formula is C33H40O20. The van der Waals surface area contributed by atoms with Crippen molar-refractivity contribution in [2.24, 2.45) is 0 Å². The fraction of sp³-hybridized carbons (Fsp3) is 0.545. The zero-order valence-electron chi connectivity index (χ0n) is 27.7. The van der Waals surface area contributed by atoms with Crippen LogP contribution in [0, 0.1) is 0 Å². The van der Waals surface area contributed by atoms with E-state index < -0.39 is 128 Å². The van der Waals surface area contributed by atoms with Gasteiger partial charge in [0.05, 0.1) is 19.3 Å². The van der Waals surface area contributed by atoms with Gasteiger partial charge < -0.3 is 94.1 Å². The largest absolute Gasteiger partial charge is 0.508 e. The van der Waals surface area contributed by atoms with Crippen LogP contribution in [0.4, 0.5) is 0 Å². The van der Waals surface area contributed by atoms with Gasteiger partial charge in [0, 0.05) is 17.7 Å².